The summed E-state index contributed by atoms with van der Waals surface area (Å²) < 4.78 is 7.86. The number of ether oxygens (including phenoxy) is 1. The Kier molecular flexibility index (Phi) is 5.12. The molecular weight excluding hydrogens is 372 g/mol. The molecule has 0 atom stereocenters. The van der Waals surface area contributed by atoms with Gasteiger partial charge in [-0.3, -0.25) is 4.57 Å². The highest BCUT2D eigenvalue weighted by Gasteiger charge is 2.16. The molecule has 0 bridgehead atoms. The Morgan fingerprint density at radius 2 is 1.63 bits per heavy atom. The first-order valence-corrected chi connectivity index (χ1v) is 10.3. The number of aliphatic hydroxyl groups is 1. The summed E-state index contributed by atoms with van der Waals surface area (Å²) in [6.07, 6.45) is 2.02. The van der Waals surface area contributed by atoms with E-state index in [9.17, 15) is 5.11 Å². The SMILES string of the molecule is Cc1cc2ncn(-c3ccc(OC(C)C)cc3)c2cc1-c1ccc(C(C)(C)O)cc1. The third kappa shape index (κ3) is 3.96. The van der Waals surface area contributed by atoms with E-state index in [4.69, 9.17) is 4.74 Å². The van der Waals surface area contributed by atoms with Crippen LogP contribution in [-0.2, 0) is 5.60 Å². The van der Waals surface area contributed by atoms with Crippen LogP contribution in [-0.4, -0.2) is 20.8 Å². The van der Waals surface area contributed by atoms with Gasteiger partial charge in [0.25, 0.3) is 0 Å². The van der Waals surface area contributed by atoms with E-state index < -0.39 is 5.60 Å². The maximum absolute atomic E-state index is 10.2. The van der Waals surface area contributed by atoms with Gasteiger partial charge in [-0.2, -0.15) is 0 Å². The molecule has 1 N–H and O–H groups in total. The fourth-order valence-corrected chi connectivity index (χ4v) is 3.69. The molecule has 0 fully saturated rings. The van der Waals surface area contributed by atoms with Gasteiger partial charge in [-0.05, 0) is 93.3 Å². The Balaban J connectivity index is 1.74. The molecule has 0 spiro atoms. The molecular formula is C26H28N2O2. The lowest BCUT2D eigenvalue weighted by Gasteiger charge is -2.18. The van der Waals surface area contributed by atoms with Crippen molar-refractivity contribution in [3.8, 4) is 22.6 Å². The van der Waals surface area contributed by atoms with Crippen molar-refractivity contribution in [1.29, 1.82) is 0 Å². The van der Waals surface area contributed by atoms with Crippen molar-refractivity contribution < 1.29 is 9.84 Å². The van der Waals surface area contributed by atoms with Gasteiger partial charge in [-0.15, -0.1) is 0 Å². The van der Waals surface area contributed by atoms with E-state index in [1.165, 1.54) is 5.56 Å². The maximum atomic E-state index is 10.2. The molecule has 0 unspecified atom stereocenters. The first kappa shape index (κ1) is 20.2. The van der Waals surface area contributed by atoms with Gasteiger partial charge in [0.1, 0.15) is 12.1 Å². The zero-order chi connectivity index (χ0) is 21.5. The number of rotatable bonds is 5. The number of nitrogens with zero attached hydrogens (tertiary/aromatic N) is 2. The van der Waals surface area contributed by atoms with Crippen LogP contribution in [0, 0.1) is 6.92 Å². The number of hydrogen-bond acceptors (Lipinski definition) is 3. The van der Waals surface area contributed by atoms with Crippen molar-refractivity contribution in [3.63, 3.8) is 0 Å². The lowest BCUT2D eigenvalue weighted by atomic mass is 9.94. The van der Waals surface area contributed by atoms with E-state index in [0.717, 1.165) is 39.2 Å². The average molecular weight is 401 g/mol. The largest absolute Gasteiger partial charge is 0.491 e. The number of hydrogen-bond donors (Lipinski definition) is 1. The Morgan fingerprint density at radius 3 is 2.23 bits per heavy atom. The van der Waals surface area contributed by atoms with Crippen LogP contribution in [0.4, 0.5) is 0 Å². The molecule has 0 saturated heterocycles. The molecule has 4 aromatic rings. The second kappa shape index (κ2) is 7.62. The van der Waals surface area contributed by atoms with Crippen LogP contribution < -0.4 is 4.74 Å². The molecule has 0 aliphatic heterocycles. The second-order valence-electron chi connectivity index (χ2n) is 8.57. The van der Waals surface area contributed by atoms with Crippen LogP contribution in [0.2, 0.25) is 0 Å². The zero-order valence-corrected chi connectivity index (χ0v) is 18.2. The van der Waals surface area contributed by atoms with Crippen molar-refractivity contribution in [2.75, 3.05) is 0 Å². The van der Waals surface area contributed by atoms with Gasteiger partial charge in [-0.25, -0.2) is 4.98 Å². The number of imidazole rings is 1. The molecule has 30 heavy (non-hydrogen) atoms. The summed E-state index contributed by atoms with van der Waals surface area (Å²) in [7, 11) is 0. The molecule has 1 aromatic heterocycles. The first-order valence-electron chi connectivity index (χ1n) is 10.3. The Morgan fingerprint density at radius 1 is 0.967 bits per heavy atom. The highest BCUT2D eigenvalue weighted by molar-refractivity contribution is 5.85. The molecule has 0 saturated carbocycles. The molecule has 0 aliphatic rings. The molecule has 1 heterocycles. The lowest BCUT2D eigenvalue weighted by molar-refractivity contribution is 0.0786. The zero-order valence-electron chi connectivity index (χ0n) is 18.2. The van der Waals surface area contributed by atoms with Crippen LogP contribution in [0.15, 0.2) is 67.0 Å². The fraction of sp³-hybridized carbons (Fsp3) is 0.269. The summed E-state index contributed by atoms with van der Waals surface area (Å²) in [5, 5.41) is 10.2. The van der Waals surface area contributed by atoms with Gasteiger partial charge in [0.15, 0.2) is 0 Å². The number of aromatic nitrogens is 2. The van der Waals surface area contributed by atoms with Gasteiger partial charge in [-0.1, -0.05) is 24.3 Å². The highest BCUT2D eigenvalue weighted by atomic mass is 16.5. The van der Waals surface area contributed by atoms with Crippen LogP contribution in [0.3, 0.4) is 0 Å². The predicted molar refractivity (Wildman–Crippen MR) is 122 cm³/mol. The van der Waals surface area contributed by atoms with Crippen molar-refractivity contribution in [3.05, 3.63) is 78.1 Å². The molecule has 4 heteroatoms. The van der Waals surface area contributed by atoms with Crippen molar-refractivity contribution >= 4 is 11.0 Å². The van der Waals surface area contributed by atoms with Crippen LogP contribution in [0.1, 0.15) is 38.8 Å². The van der Waals surface area contributed by atoms with Gasteiger partial charge < -0.3 is 9.84 Å². The highest BCUT2D eigenvalue weighted by Crippen LogP contribution is 2.31. The number of benzene rings is 3. The Labute approximate surface area is 177 Å². The van der Waals surface area contributed by atoms with E-state index in [-0.39, 0.29) is 6.10 Å². The van der Waals surface area contributed by atoms with E-state index >= 15 is 0 Å². The molecule has 154 valence electrons. The van der Waals surface area contributed by atoms with Crippen molar-refractivity contribution in [2.24, 2.45) is 0 Å². The van der Waals surface area contributed by atoms with Crippen LogP contribution in [0.5, 0.6) is 5.75 Å². The molecule has 3 aromatic carbocycles. The minimum Gasteiger partial charge on any atom is -0.491 e. The summed E-state index contributed by atoms with van der Waals surface area (Å²) in [6, 6.07) is 20.5. The first-order chi connectivity index (χ1) is 14.2. The monoisotopic (exact) mass is 400 g/mol. The Bertz CT molecular complexity index is 1160. The summed E-state index contributed by atoms with van der Waals surface area (Å²) >= 11 is 0. The minimum absolute atomic E-state index is 0.151. The van der Waals surface area contributed by atoms with E-state index in [0.29, 0.717) is 0 Å². The van der Waals surface area contributed by atoms with E-state index in [1.54, 1.807) is 13.8 Å². The van der Waals surface area contributed by atoms with Crippen LogP contribution in [0.25, 0.3) is 27.8 Å². The Hall–Kier alpha value is -3.11. The normalized spacial score (nSPS) is 12.0. The minimum atomic E-state index is -0.846. The average Bonchev–Trinajstić information content (AvgIpc) is 3.09. The molecule has 4 rings (SSSR count). The maximum Gasteiger partial charge on any atom is 0.119 e. The smallest absolute Gasteiger partial charge is 0.119 e. The fourth-order valence-electron chi connectivity index (χ4n) is 3.69. The van der Waals surface area contributed by atoms with Gasteiger partial charge in [0, 0.05) is 5.69 Å². The molecule has 0 radical (unpaired) electrons. The summed E-state index contributed by atoms with van der Waals surface area (Å²) in [5.41, 5.74) is 6.57. The third-order valence-electron chi connectivity index (χ3n) is 5.28. The second-order valence-corrected chi connectivity index (χ2v) is 8.57. The summed E-state index contributed by atoms with van der Waals surface area (Å²) in [4.78, 5) is 4.61. The van der Waals surface area contributed by atoms with Crippen molar-refractivity contribution in [1.82, 2.24) is 9.55 Å². The third-order valence-corrected chi connectivity index (χ3v) is 5.28. The number of fused-ring (bicyclic) bond motifs is 1. The predicted octanol–water partition coefficient (Wildman–Crippen LogP) is 6.02. The quantitative estimate of drug-likeness (QED) is 0.446. The van der Waals surface area contributed by atoms with Gasteiger partial charge >= 0.3 is 0 Å². The van der Waals surface area contributed by atoms with E-state index in [1.807, 2.05) is 44.4 Å². The van der Waals surface area contributed by atoms with Crippen LogP contribution >= 0.6 is 0 Å². The standard InChI is InChI=1S/C26H28N2O2/c1-17(2)30-22-12-10-21(11-13-22)28-16-27-24-14-18(3)23(15-25(24)28)19-6-8-20(9-7-19)26(4,5)29/h6-17,29H,1-5H3. The lowest BCUT2D eigenvalue weighted by Crippen LogP contribution is -2.14. The summed E-state index contributed by atoms with van der Waals surface area (Å²) in [5.74, 6) is 0.863. The van der Waals surface area contributed by atoms with Crippen molar-refractivity contribution in [2.45, 2.75) is 46.3 Å². The summed E-state index contributed by atoms with van der Waals surface area (Å²) in [6.45, 7) is 9.75. The molecule has 0 amide bonds. The van der Waals surface area contributed by atoms with Gasteiger partial charge in [0.2, 0.25) is 0 Å². The van der Waals surface area contributed by atoms with E-state index in [2.05, 4.69) is 52.9 Å². The number of aryl methyl sites for hydroxylation is 1. The van der Waals surface area contributed by atoms with Gasteiger partial charge in [0.05, 0.1) is 22.7 Å². The topological polar surface area (TPSA) is 47.3 Å². The molecule has 4 nitrogen and oxygen atoms in total. The molecule has 0 aliphatic carbocycles.